The first-order chi connectivity index (χ1) is 36.1. The minimum absolute atomic E-state index is 0.180. The van der Waals surface area contributed by atoms with Gasteiger partial charge in [-0.05, 0) is 96.3 Å². The molecule has 0 bridgehead atoms. The number of hydrogen-bond donors (Lipinski definition) is 1. The lowest BCUT2D eigenvalue weighted by Gasteiger charge is -2.25. The fraction of sp³-hybridized carbons (Fsp3) is 0.615. The number of rotatable bonds is 51. The molecule has 0 rings (SSSR count). The Balaban J connectivity index is 4.11. The van der Waals surface area contributed by atoms with Crippen molar-refractivity contribution in [3.63, 3.8) is 0 Å². The molecule has 0 aliphatic rings. The molecular weight excluding hydrogens is 923 g/mol. The van der Waals surface area contributed by atoms with Crippen molar-refractivity contribution in [3.8, 4) is 0 Å². The van der Waals surface area contributed by atoms with Crippen LogP contribution >= 0.6 is 0 Å². The number of esters is 2. The number of carbonyl (C=O) groups is 3. The maximum atomic E-state index is 12.8. The number of ether oxygens (including phenoxy) is 4. The lowest BCUT2D eigenvalue weighted by Crippen LogP contribution is -2.40. The fourth-order valence-electron chi connectivity index (χ4n) is 7.25. The third-order valence-electron chi connectivity index (χ3n) is 11.7. The molecule has 0 aromatic rings. The van der Waals surface area contributed by atoms with Gasteiger partial charge in [0.1, 0.15) is 13.2 Å². The molecule has 0 saturated heterocycles. The number of quaternary nitrogens is 1. The second-order valence-corrected chi connectivity index (χ2v) is 19.9. The quantitative estimate of drug-likeness (QED) is 0.0211. The van der Waals surface area contributed by atoms with Crippen LogP contribution in [0.3, 0.4) is 0 Å². The lowest BCUT2D eigenvalue weighted by atomic mass is 10.1. The number of nitrogens with zero attached hydrogens (tertiary/aromatic N) is 1. The molecule has 74 heavy (non-hydrogen) atoms. The van der Waals surface area contributed by atoms with E-state index in [1.807, 2.05) is 21.1 Å². The summed E-state index contributed by atoms with van der Waals surface area (Å²) in [7, 11) is 5.94. The first kappa shape index (κ1) is 69.4. The molecule has 0 amide bonds. The van der Waals surface area contributed by atoms with Gasteiger partial charge >= 0.3 is 17.9 Å². The van der Waals surface area contributed by atoms with E-state index in [4.69, 9.17) is 18.9 Å². The topological polar surface area (TPSA) is 108 Å². The predicted molar refractivity (Wildman–Crippen MR) is 313 cm³/mol. The number of carboxylic acids is 1. The van der Waals surface area contributed by atoms with Gasteiger partial charge in [0.05, 0.1) is 34.4 Å². The van der Waals surface area contributed by atoms with E-state index in [9.17, 15) is 19.5 Å². The second kappa shape index (κ2) is 54.7. The second-order valence-electron chi connectivity index (χ2n) is 19.9. The van der Waals surface area contributed by atoms with E-state index in [2.05, 4.69) is 148 Å². The Labute approximate surface area is 452 Å². The molecule has 0 fully saturated rings. The highest BCUT2D eigenvalue weighted by molar-refractivity contribution is 5.71. The van der Waals surface area contributed by atoms with Crippen molar-refractivity contribution < 1.29 is 42.9 Å². The molecule has 0 radical (unpaired) electrons. The Morgan fingerprint density at radius 3 is 1.15 bits per heavy atom. The van der Waals surface area contributed by atoms with E-state index in [1.54, 1.807) is 0 Å². The molecule has 1 N–H and O–H groups in total. The van der Waals surface area contributed by atoms with E-state index in [-0.39, 0.29) is 32.2 Å². The molecule has 0 spiro atoms. The summed E-state index contributed by atoms with van der Waals surface area (Å²) < 4.78 is 22.7. The first-order valence-electron chi connectivity index (χ1n) is 28.8. The molecule has 0 aliphatic heterocycles. The normalized spacial score (nSPS) is 13.8. The van der Waals surface area contributed by atoms with E-state index in [1.165, 1.54) is 51.4 Å². The molecule has 0 heterocycles. The van der Waals surface area contributed by atoms with Crippen LogP contribution in [0.2, 0.25) is 0 Å². The van der Waals surface area contributed by atoms with Gasteiger partial charge in [0.15, 0.2) is 6.10 Å². The summed E-state index contributed by atoms with van der Waals surface area (Å²) in [5, 5.41) is 9.65. The van der Waals surface area contributed by atoms with Crippen LogP contribution < -0.4 is 0 Å². The first-order valence-corrected chi connectivity index (χ1v) is 28.8. The van der Waals surface area contributed by atoms with E-state index < -0.39 is 24.3 Å². The number of aliphatic carboxylic acids is 1. The number of unbranched alkanes of at least 4 members (excludes halogenated alkanes) is 14. The predicted octanol–water partition coefficient (Wildman–Crippen LogP) is 17.1. The summed E-state index contributed by atoms with van der Waals surface area (Å²) in [6, 6.07) is 0. The molecule has 9 nitrogen and oxygen atoms in total. The smallest absolute Gasteiger partial charge is 0.361 e. The van der Waals surface area contributed by atoms with Gasteiger partial charge < -0.3 is 28.5 Å². The third-order valence-corrected chi connectivity index (χ3v) is 11.7. The average Bonchev–Trinajstić information content (AvgIpc) is 3.37. The number of allylic oxidation sites excluding steroid dienone is 22. The van der Waals surface area contributed by atoms with Crippen LogP contribution in [0, 0.1) is 0 Å². The number of likely N-dealkylation sites (N-methyl/N-ethyl adjacent to an activating group) is 1. The van der Waals surface area contributed by atoms with Gasteiger partial charge in [0.2, 0.25) is 0 Å². The average molecular weight is 1030 g/mol. The summed E-state index contributed by atoms with van der Waals surface area (Å²) in [4.78, 5) is 37.1. The molecular formula is C65H106NO8+. The molecule has 418 valence electrons. The molecule has 0 aromatic heterocycles. The summed E-state index contributed by atoms with van der Waals surface area (Å²) in [6.45, 7) is 4.68. The Hall–Kier alpha value is -4.57. The lowest BCUT2D eigenvalue weighted by molar-refractivity contribution is -0.870. The van der Waals surface area contributed by atoms with Crippen LogP contribution in [0.1, 0.15) is 200 Å². The van der Waals surface area contributed by atoms with Gasteiger partial charge in [0.25, 0.3) is 6.29 Å². The van der Waals surface area contributed by atoms with Crippen LogP contribution in [-0.2, 0) is 33.3 Å². The highest BCUT2D eigenvalue weighted by Gasteiger charge is 2.25. The monoisotopic (exact) mass is 1030 g/mol. The van der Waals surface area contributed by atoms with Gasteiger partial charge in [-0.15, -0.1) is 0 Å². The van der Waals surface area contributed by atoms with E-state index >= 15 is 0 Å². The number of hydrogen-bond acceptors (Lipinski definition) is 7. The molecule has 0 aromatic carbocycles. The highest BCUT2D eigenvalue weighted by atomic mass is 16.7. The maximum Gasteiger partial charge on any atom is 0.361 e. The maximum absolute atomic E-state index is 12.8. The van der Waals surface area contributed by atoms with Crippen LogP contribution in [0.15, 0.2) is 134 Å². The van der Waals surface area contributed by atoms with E-state index in [0.717, 1.165) is 116 Å². The van der Waals surface area contributed by atoms with Gasteiger partial charge in [0, 0.05) is 12.8 Å². The Kier molecular flexibility index (Phi) is 51.3. The Morgan fingerprint density at radius 2 is 0.770 bits per heavy atom. The zero-order valence-electron chi connectivity index (χ0n) is 47.4. The zero-order chi connectivity index (χ0) is 54.1. The van der Waals surface area contributed by atoms with Gasteiger partial charge in [-0.1, -0.05) is 225 Å². The summed E-state index contributed by atoms with van der Waals surface area (Å²) >= 11 is 0. The number of carboxylic acid groups (broad SMARTS) is 1. The summed E-state index contributed by atoms with van der Waals surface area (Å²) in [5.74, 6) is -2.04. The highest BCUT2D eigenvalue weighted by Crippen LogP contribution is 2.14. The van der Waals surface area contributed by atoms with Gasteiger partial charge in [-0.25, -0.2) is 4.79 Å². The minimum Gasteiger partial charge on any atom is -0.477 e. The summed E-state index contributed by atoms with van der Waals surface area (Å²) in [6.07, 6.45) is 75.6. The fourth-order valence-corrected chi connectivity index (χ4v) is 7.25. The van der Waals surface area contributed by atoms with Crippen molar-refractivity contribution in [1.82, 2.24) is 0 Å². The van der Waals surface area contributed by atoms with Crippen LogP contribution in [0.5, 0.6) is 0 Å². The summed E-state index contributed by atoms with van der Waals surface area (Å²) in [5.41, 5.74) is 0. The van der Waals surface area contributed by atoms with Crippen molar-refractivity contribution >= 4 is 17.9 Å². The number of carbonyl (C=O) groups excluding carboxylic acids is 2. The Morgan fingerprint density at radius 1 is 0.419 bits per heavy atom. The van der Waals surface area contributed by atoms with Crippen molar-refractivity contribution in [2.75, 3.05) is 47.5 Å². The van der Waals surface area contributed by atoms with Gasteiger partial charge in [-0.3, -0.25) is 9.59 Å². The van der Waals surface area contributed by atoms with Crippen molar-refractivity contribution in [1.29, 1.82) is 0 Å². The SMILES string of the molecule is CC/C=C\C/C=C\C/C=C\C/C=C\C/C=C\C/C=C\C/C=C\C/C=C\C/C=C\C/C=C\C/C=C\CCCCCCCCCC(=O)OC(COC(=O)CCCCCCCCCC)COC(OCC[N+](C)(C)C)C(=O)O. The molecule has 0 saturated carbocycles. The van der Waals surface area contributed by atoms with Crippen LogP contribution in [0.4, 0.5) is 0 Å². The third kappa shape index (κ3) is 55.2. The molecule has 2 unspecified atom stereocenters. The van der Waals surface area contributed by atoms with Crippen molar-refractivity contribution in [2.24, 2.45) is 0 Å². The van der Waals surface area contributed by atoms with E-state index in [0.29, 0.717) is 23.9 Å². The Bertz CT molecular complexity index is 1670. The van der Waals surface area contributed by atoms with Gasteiger partial charge in [-0.2, -0.15) is 0 Å². The van der Waals surface area contributed by atoms with Crippen LogP contribution in [0.25, 0.3) is 0 Å². The zero-order valence-corrected chi connectivity index (χ0v) is 47.4. The minimum atomic E-state index is -1.52. The molecule has 0 aliphatic carbocycles. The standard InChI is InChI=1S/C65H105NO8/c1-6-8-10-12-14-16-17-18-19-20-21-22-23-24-25-26-27-28-29-30-31-32-33-34-35-36-37-38-39-40-41-42-43-44-45-46-47-48-50-52-54-56-63(68)74-61(60-73-65(64(69)70)71-58-57-66(3,4)5)59-72-62(67)55-53-51-49-15-13-11-9-7-2/h8,10,14,16,18-19,21-22,24-25,27-28,30-31,33-34,36-37,39-40,42-43,61,65H,6-7,9,11-13,15,17,20,23,26,29,32,35,38,41,44-60H2,1-5H3/p+1/b10-8-,16-14-,19-18-,22-21-,25-24-,28-27-,31-30-,34-33-,37-36-,40-39-,43-42-. The molecule has 2 atom stereocenters. The molecule has 9 heteroatoms. The van der Waals surface area contributed by atoms with Crippen LogP contribution in [-0.4, -0.2) is 87.4 Å². The largest absolute Gasteiger partial charge is 0.477 e. The van der Waals surface area contributed by atoms with Crippen molar-refractivity contribution in [3.05, 3.63) is 134 Å². The van der Waals surface area contributed by atoms with Crippen molar-refractivity contribution in [2.45, 2.75) is 212 Å².